The predicted molar refractivity (Wildman–Crippen MR) is 124 cm³/mol. The average molecular weight is 452 g/mol. The van der Waals surface area contributed by atoms with Crippen molar-refractivity contribution in [3.8, 4) is 0 Å². The zero-order valence-electron chi connectivity index (χ0n) is 18.9. The van der Waals surface area contributed by atoms with Crippen LogP contribution in [-0.4, -0.2) is 25.5 Å². The summed E-state index contributed by atoms with van der Waals surface area (Å²) in [5.41, 5.74) is 6.37. The van der Waals surface area contributed by atoms with Crippen molar-refractivity contribution >= 4 is 23.2 Å². The van der Waals surface area contributed by atoms with E-state index in [1.807, 2.05) is 44.5 Å². The molecule has 0 atom stereocenters. The Morgan fingerprint density at radius 3 is 2.31 bits per heavy atom. The molecule has 7 nitrogen and oxygen atoms in total. The first kappa shape index (κ1) is 21.9. The van der Waals surface area contributed by atoms with Crippen molar-refractivity contribution in [2.24, 2.45) is 0 Å². The van der Waals surface area contributed by atoms with Gasteiger partial charge in [-0.15, -0.1) is 0 Å². The summed E-state index contributed by atoms with van der Waals surface area (Å²) in [4.78, 5) is 12.8. The number of nitrogens with one attached hydrogen (secondary N) is 1. The number of carbonyl (C=O) groups excluding carboxylic acids is 1. The van der Waals surface area contributed by atoms with Gasteiger partial charge in [0.2, 0.25) is 0 Å². The number of carbonyl (C=O) groups is 1. The molecule has 3 heterocycles. The Morgan fingerprint density at radius 1 is 0.938 bits per heavy atom. The number of amides is 1. The molecule has 0 aliphatic heterocycles. The number of rotatable bonds is 6. The fourth-order valence-corrected chi connectivity index (χ4v) is 3.85. The number of halogens is 1. The molecule has 1 N–H and O–H groups in total. The quantitative estimate of drug-likeness (QED) is 0.436. The number of hydrogen-bond donors (Lipinski definition) is 1. The first-order valence-corrected chi connectivity index (χ1v) is 10.8. The summed E-state index contributed by atoms with van der Waals surface area (Å²) in [6, 6.07) is 11.7. The van der Waals surface area contributed by atoms with Gasteiger partial charge in [-0.3, -0.25) is 14.2 Å². The van der Waals surface area contributed by atoms with E-state index in [9.17, 15) is 4.79 Å². The minimum Gasteiger partial charge on any atom is -0.454 e. The van der Waals surface area contributed by atoms with E-state index in [4.69, 9.17) is 16.0 Å². The van der Waals surface area contributed by atoms with E-state index in [0.717, 1.165) is 22.8 Å². The van der Waals surface area contributed by atoms with Crippen LogP contribution >= 0.6 is 11.6 Å². The summed E-state index contributed by atoms with van der Waals surface area (Å²) in [5.74, 6) is 0.545. The van der Waals surface area contributed by atoms with Crippen LogP contribution in [0.25, 0.3) is 0 Å². The summed E-state index contributed by atoms with van der Waals surface area (Å²) < 4.78 is 9.46. The molecule has 0 saturated carbocycles. The average Bonchev–Trinajstić information content (AvgIpc) is 3.40. The standard InChI is InChI=1S/C24H26ClN5O2/c1-14-8-6-7-9-19(14)12-29-18(5)23(16(3)28-29)26-24(31)21-11-10-20(32-21)13-30-17(4)22(25)15(2)27-30/h6-11H,12-13H2,1-5H3,(H,26,31). The second-order valence-electron chi connectivity index (χ2n) is 7.99. The minimum atomic E-state index is -0.315. The molecule has 4 aromatic rings. The number of hydrogen-bond acceptors (Lipinski definition) is 4. The number of nitrogens with zero attached hydrogens (tertiary/aromatic N) is 4. The van der Waals surface area contributed by atoms with Crippen LogP contribution in [0.1, 0.15) is 50.2 Å². The maximum atomic E-state index is 12.8. The smallest absolute Gasteiger partial charge is 0.291 e. The molecular formula is C24H26ClN5O2. The molecule has 0 saturated heterocycles. The molecule has 3 aromatic heterocycles. The van der Waals surface area contributed by atoms with Crippen LogP contribution < -0.4 is 5.32 Å². The summed E-state index contributed by atoms with van der Waals surface area (Å²) in [7, 11) is 0. The molecule has 166 valence electrons. The number of anilines is 1. The highest BCUT2D eigenvalue weighted by molar-refractivity contribution is 6.31. The monoisotopic (exact) mass is 451 g/mol. The van der Waals surface area contributed by atoms with Crippen molar-refractivity contribution in [3.63, 3.8) is 0 Å². The summed E-state index contributed by atoms with van der Waals surface area (Å²) >= 11 is 6.22. The van der Waals surface area contributed by atoms with Crippen molar-refractivity contribution in [1.82, 2.24) is 19.6 Å². The van der Waals surface area contributed by atoms with Crippen LogP contribution in [0.2, 0.25) is 5.02 Å². The Bertz CT molecular complexity index is 1300. The predicted octanol–water partition coefficient (Wildman–Crippen LogP) is 5.22. The molecule has 0 bridgehead atoms. The van der Waals surface area contributed by atoms with Gasteiger partial charge in [0.05, 0.1) is 46.6 Å². The number of aryl methyl sites for hydroxylation is 3. The van der Waals surface area contributed by atoms with Gasteiger partial charge in [-0.05, 0) is 57.9 Å². The van der Waals surface area contributed by atoms with Crippen LogP contribution in [0.3, 0.4) is 0 Å². The molecule has 1 aromatic carbocycles. The molecule has 4 rings (SSSR count). The molecule has 0 unspecified atom stereocenters. The Balaban J connectivity index is 1.49. The van der Waals surface area contributed by atoms with E-state index >= 15 is 0 Å². The van der Waals surface area contributed by atoms with Crippen molar-refractivity contribution in [2.45, 2.75) is 47.7 Å². The topological polar surface area (TPSA) is 77.9 Å². The Kier molecular flexibility index (Phi) is 5.93. The van der Waals surface area contributed by atoms with Gasteiger partial charge in [0.25, 0.3) is 5.91 Å². The zero-order valence-corrected chi connectivity index (χ0v) is 19.6. The third-order valence-electron chi connectivity index (χ3n) is 5.69. The van der Waals surface area contributed by atoms with Gasteiger partial charge in [0.1, 0.15) is 5.76 Å². The second-order valence-corrected chi connectivity index (χ2v) is 8.37. The van der Waals surface area contributed by atoms with E-state index in [-0.39, 0.29) is 11.7 Å². The lowest BCUT2D eigenvalue weighted by Gasteiger charge is -2.08. The lowest BCUT2D eigenvalue weighted by atomic mass is 10.1. The summed E-state index contributed by atoms with van der Waals surface area (Å²) in [5, 5.41) is 12.6. The lowest BCUT2D eigenvalue weighted by Crippen LogP contribution is -2.13. The normalized spacial score (nSPS) is 11.2. The highest BCUT2D eigenvalue weighted by Crippen LogP contribution is 2.23. The first-order valence-electron chi connectivity index (χ1n) is 10.4. The fourth-order valence-electron chi connectivity index (χ4n) is 3.72. The Labute approximate surface area is 192 Å². The van der Waals surface area contributed by atoms with Crippen LogP contribution in [0.5, 0.6) is 0 Å². The van der Waals surface area contributed by atoms with Crippen molar-refractivity contribution in [2.75, 3.05) is 5.32 Å². The highest BCUT2D eigenvalue weighted by Gasteiger charge is 2.19. The molecule has 0 fully saturated rings. The van der Waals surface area contributed by atoms with Gasteiger partial charge in [-0.1, -0.05) is 35.9 Å². The van der Waals surface area contributed by atoms with Crippen LogP contribution in [0, 0.1) is 34.6 Å². The Morgan fingerprint density at radius 2 is 1.62 bits per heavy atom. The SMILES string of the molecule is Cc1ccccc1Cn1nc(C)c(NC(=O)c2ccc(Cn3nc(C)c(Cl)c3C)o2)c1C. The van der Waals surface area contributed by atoms with Crippen LogP contribution in [0.4, 0.5) is 5.69 Å². The Hall–Kier alpha value is -3.32. The second kappa shape index (κ2) is 8.67. The van der Waals surface area contributed by atoms with Crippen LogP contribution in [0.15, 0.2) is 40.8 Å². The van der Waals surface area contributed by atoms with E-state index < -0.39 is 0 Å². The van der Waals surface area contributed by atoms with Crippen molar-refractivity contribution < 1.29 is 9.21 Å². The summed E-state index contributed by atoms with van der Waals surface area (Å²) in [6.45, 7) is 10.7. The number of furan rings is 1. The maximum absolute atomic E-state index is 12.8. The molecular weight excluding hydrogens is 426 g/mol. The van der Waals surface area contributed by atoms with Gasteiger partial charge in [-0.25, -0.2) is 0 Å². The zero-order chi connectivity index (χ0) is 23.0. The van der Waals surface area contributed by atoms with Gasteiger partial charge >= 0.3 is 0 Å². The van der Waals surface area contributed by atoms with E-state index in [1.54, 1.807) is 16.8 Å². The number of benzene rings is 1. The van der Waals surface area contributed by atoms with Gasteiger partial charge < -0.3 is 9.73 Å². The largest absolute Gasteiger partial charge is 0.454 e. The van der Waals surface area contributed by atoms with Gasteiger partial charge in [0.15, 0.2) is 5.76 Å². The maximum Gasteiger partial charge on any atom is 0.291 e. The first-order chi connectivity index (χ1) is 15.2. The summed E-state index contributed by atoms with van der Waals surface area (Å²) in [6.07, 6.45) is 0. The molecule has 0 spiro atoms. The van der Waals surface area contributed by atoms with Gasteiger partial charge in [-0.2, -0.15) is 10.2 Å². The van der Waals surface area contributed by atoms with E-state index in [2.05, 4.69) is 34.6 Å². The van der Waals surface area contributed by atoms with E-state index in [0.29, 0.717) is 29.6 Å². The van der Waals surface area contributed by atoms with Crippen LogP contribution in [-0.2, 0) is 13.1 Å². The molecule has 0 aliphatic carbocycles. The molecule has 32 heavy (non-hydrogen) atoms. The third-order valence-corrected chi connectivity index (χ3v) is 6.23. The fraction of sp³-hybridized carbons (Fsp3) is 0.292. The molecule has 1 amide bonds. The molecule has 0 aliphatic rings. The van der Waals surface area contributed by atoms with E-state index in [1.165, 1.54) is 11.1 Å². The molecule has 0 radical (unpaired) electrons. The highest BCUT2D eigenvalue weighted by atomic mass is 35.5. The minimum absolute atomic E-state index is 0.234. The van der Waals surface area contributed by atoms with Crippen molar-refractivity contribution in [1.29, 1.82) is 0 Å². The molecule has 8 heteroatoms. The van der Waals surface area contributed by atoms with Gasteiger partial charge in [0, 0.05) is 0 Å². The third kappa shape index (κ3) is 4.21. The lowest BCUT2D eigenvalue weighted by molar-refractivity contribution is 0.0994. The van der Waals surface area contributed by atoms with Crippen molar-refractivity contribution in [3.05, 3.63) is 86.8 Å². The number of aromatic nitrogens is 4.